The van der Waals surface area contributed by atoms with Gasteiger partial charge in [0.1, 0.15) is 5.75 Å². The maximum absolute atomic E-state index is 12.9. The van der Waals surface area contributed by atoms with Crippen molar-refractivity contribution in [3.05, 3.63) is 108 Å². The van der Waals surface area contributed by atoms with Crippen molar-refractivity contribution in [2.24, 2.45) is 0 Å². The zero-order valence-corrected chi connectivity index (χ0v) is 22.0. The Bertz CT molecular complexity index is 1490. The molecule has 0 bridgehead atoms. The molecule has 4 aromatic rings. The van der Waals surface area contributed by atoms with Gasteiger partial charge in [0.15, 0.2) is 5.11 Å². The predicted molar refractivity (Wildman–Crippen MR) is 151 cm³/mol. The molecule has 1 saturated heterocycles. The van der Waals surface area contributed by atoms with Crippen molar-refractivity contribution in [2.45, 2.75) is 18.5 Å². The van der Waals surface area contributed by atoms with Crippen molar-refractivity contribution < 1.29 is 19.4 Å². The van der Waals surface area contributed by atoms with Crippen LogP contribution in [-0.4, -0.2) is 50.2 Å². The normalized spacial score (nSPS) is 16.5. The number of aromatic carboxylic acids is 1. The number of anilines is 1. The number of aromatic nitrogens is 2. The average Bonchev–Trinajstić information content (AvgIpc) is 3.57. The Morgan fingerprint density at radius 2 is 1.82 bits per heavy atom. The predicted octanol–water partition coefficient (Wildman–Crippen LogP) is 4.58. The Morgan fingerprint density at radius 3 is 2.54 bits per heavy atom. The van der Waals surface area contributed by atoms with E-state index in [1.165, 1.54) is 0 Å². The molecule has 5 rings (SSSR count). The number of rotatable bonds is 9. The molecule has 3 heterocycles. The molecule has 10 heteroatoms. The van der Waals surface area contributed by atoms with Gasteiger partial charge in [0.2, 0.25) is 5.91 Å². The number of hydrogen-bond donors (Lipinski definition) is 3. The first kappa shape index (κ1) is 25.9. The zero-order chi connectivity index (χ0) is 27.4. The minimum Gasteiger partial charge on any atom is -0.495 e. The van der Waals surface area contributed by atoms with Crippen LogP contribution in [0.5, 0.6) is 5.75 Å². The van der Waals surface area contributed by atoms with Gasteiger partial charge in [-0.05, 0) is 72.9 Å². The average molecular weight is 542 g/mol. The third kappa shape index (κ3) is 5.46. The van der Waals surface area contributed by atoms with Crippen molar-refractivity contribution in [3.8, 4) is 11.4 Å². The summed E-state index contributed by atoms with van der Waals surface area (Å²) >= 11 is 5.76. The molecule has 0 aliphatic carbocycles. The van der Waals surface area contributed by atoms with Gasteiger partial charge in [-0.3, -0.25) is 9.78 Å². The fourth-order valence-electron chi connectivity index (χ4n) is 4.79. The summed E-state index contributed by atoms with van der Waals surface area (Å²) in [5.41, 5.74) is 3.37. The Morgan fingerprint density at radius 1 is 1.05 bits per heavy atom. The first-order valence-corrected chi connectivity index (χ1v) is 12.8. The molecule has 39 heavy (non-hydrogen) atoms. The van der Waals surface area contributed by atoms with Gasteiger partial charge in [0, 0.05) is 36.7 Å². The number of nitrogens with zero attached hydrogens (tertiary/aromatic N) is 3. The number of carboxylic acid groups (broad SMARTS) is 1. The lowest BCUT2D eigenvalue weighted by Crippen LogP contribution is -2.33. The summed E-state index contributed by atoms with van der Waals surface area (Å²) in [6.07, 6.45) is 3.86. The van der Waals surface area contributed by atoms with E-state index in [0.29, 0.717) is 23.1 Å². The number of methoxy groups -OCH3 is 1. The third-order valence-corrected chi connectivity index (χ3v) is 6.99. The summed E-state index contributed by atoms with van der Waals surface area (Å²) in [5.74, 6) is -0.557. The number of carbonyl (C=O) groups excluding carboxylic acids is 1. The Hall–Kier alpha value is -4.70. The van der Waals surface area contributed by atoms with Crippen LogP contribution in [0.3, 0.4) is 0 Å². The largest absolute Gasteiger partial charge is 0.495 e. The summed E-state index contributed by atoms with van der Waals surface area (Å²) in [6, 6.07) is 23.1. The summed E-state index contributed by atoms with van der Waals surface area (Å²) in [7, 11) is 1.56. The number of nitrogens with one attached hydrogen (secondary N) is 2. The van der Waals surface area contributed by atoms with Crippen LogP contribution in [0.1, 0.15) is 40.3 Å². The van der Waals surface area contributed by atoms with Crippen LogP contribution in [0.4, 0.5) is 5.69 Å². The quantitative estimate of drug-likeness (QED) is 0.264. The highest BCUT2D eigenvalue weighted by Gasteiger charge is 2.41. The molecular weight excluding hydrogens is 514 g/mol. The van der Waals surface area contributed by atoms with Crippen LogP contribution in [0.2, 0.25) is 0 Å². The van der Waals surface area contributed by atoms with Crippen LogP contribution in [0, 0.1) is 0 Å². The first-order valence-electron chi connectivity index (χ1n) is 12.4. The van der Waals surface area contributed by atoms with Crippen molar-refractivity contribution in [1.82, 2.24) is 19.8 Å². The van der Waals surface area contributed by atoms with E-state index in [2.05, 4.69) is 15.6 Å². The lowest BCUT2D eigenvalue weighted by molar-refractivity contribution is -0.116. The number of para-hydroxylation sites is 2. The van der Waals surface area contributed by atoms with Crippen molar-refractivity contribution in [1.29, 1.82) is 0 Å². The molecule has 0 saturated carbocycles. The highest BCUT2D eigenvalue weighted by molar-refractivity contribution is 7.80. The standard InChI is InChI=1S/C29H27N5O4S/c1-38-24-10-3-2-7-21(24)31-25(35)15-18-34-27(26(32-29(34)39)22-8-4-5-16-30-22)23-9-6-17-33(23)20-13-11-19(12-14-20)28(36)37/h2-14,16-17,26-27H,15,18H2,1H3,(H,31,35)(H,32,39)(H,36,37)/t26-,27+/m0/s1. The molecule has 2 atom stereocenters. The fourth-order valence-corrected chi connectivity index (χ4v) is 5.12. The van der Waals surface area contributed by atoms with E-state index in [0.717, 1.165) is 17.1 Å². The molecule has 198 valence electrons. The lowest BCUT2D eigenvalue weighted by Gasteiger charge is -2.29. The van der Waals surface area contributed by atoms with E-state index in [-0.39, 0.29) is 30.0 Å². The number of hydrogen-bond acceptors (Lipinski definition) is 5. The Kier molecular flexibility index (Phi) is 7.55. The van der Waals surface area contributed by atoms with Gasteiger partial charge >= 0.3 is 5.97 Å². The number of benzene rings is 2. The van der Waals surface area contributed by atoms with E-state index in [9.17, 15) is 14.7 Å². The second-order valence-corrected chi connectivity index (χ2v) is 9.36. The molecule has 1 fully saturated rings. The van der Waals surface area contributed by atoms with E-state index in [4.69, 9.17) is 17.0 Å². The number of thiocarbonyl (C=S) groups is 1. The smallest absolute Gasteiger partial charge is 0.335 e. The minimum atomic E-state index is -0.979. The molecular formula is C29H27N5O4S. The van der Waals surface area contributed by atoms with E-state index >= 15 is 0 Å². The molecule has 1 aliphatic rings. The fraction of sp³-hybridized carbons (Fsp3) is 0.172. The summed E-state index contributed by atoms with van der Waals surface area (Å²) < 4.78 is 7.35. The SMILES string of the molecule is COc1ccccc1NC(=O)CCN1C(=S)N[C@@H](c2ccccn2)[C@H]1c1cccn1-c1ccc(C(=O)O)cc1. The van der Waals surface area contributed by atoms with Gasteiger partial charge in [-0.2, -0.15) is 0 Å². The van der Waals surface area contributed by atoms with Crippen LogP contribution in [0.15, 0.2) is 91.3 Å². The van der Waals surface area contributed by atoms with E-state index in [1.807, 2.05) is 58.1 Å². The van der Waals surface area contributed by atoms with Crippen LogP contribution in [-0.2, 0) is 4.79 Å². The van der Waals surface area contributed by atoms with Gasteiger partial charge < -0.3 is 29.9 Å². The number of amides is 1. The monoisotopic (exact) mass is 541 g/mol. The molecule has 0 spiro atoms. The highest BCUT2D eigenvalue weighted by Crippen LogP contribution is 2.39. The maximum Gasteiger partial charge on any atom is 0.335 e. The topological polar surface area (TPSA) is 109 Å². The first-order chi connectivity index (χ1) is 19.0. The van der Waals surface area contributed by atoms with Crippen molar-refractivity contribution in [3.63, 3.8) is 0 Å². The minimum absolute atomic E-state index is 0.165. The highest BCUT2D eigenvalue weighted by atomic mass is 32.1. The van der Waals surface area contributed by atoms with Gasteiger partial charge in [-0.1, -0.05) is 18.2 Å². The number of carbonyl (C=O) groups is 2. The van der Waals surface area contributed by atoms with Gasteiger partial charge in [0.25, 0.3) is 0 Å². The molecule has 2 aromatic carbocycles. The third-order valence-electron chi connectivity index (χ3n) is 6.63. The van der Waals surface area contributed by atoms with Crippen LogP contribution in [0.25, 0.3) is 5.69 Å². The Labute approximate surface area is 231 Å². The summed E-state index contributed by atoms with van der Waals surface area (Å²) in [6.45, 7) is 0.365. The second-order valence-electron chi connectivity index (χ2n) is 8.97. The van der Waals surface area contributed by atoms with Crippen molar-refractivity contribution in [2.75, 3.05) is 19.0 Å². The number of ether oxygens (including phenoxy) is 1. The van der Waals surface area contributed by atoms with E-state index < -0.39 is 5.97 Å². The van der Waals surface area contributed by atoms with Gasteiger partial charge in [0.05, 0.1) is 36.1 Å². The maximum atomic E-state index is 12.9. The van der Waals surface area contributed by atoms with Gasteiger partial charge in [-0.25, -0.2) is 4.79 Å². The molecule has 3 N–H and O–H groups in total. The molecule has 1 aliphatic heterocycles. The molecule has 0 unspecified atom stereocenters. The van der Waals surface area contributed by atoms with E-state index in [1.54, 1.807) is 49.7 Å². The second kappa shape index (κ2) is 11.4. The molecule has 1 amide bonds. The molecule has 0 radical (unpaired) electrons. The summed E-state index contributed by atoms with van der Waals surface area (Å²) in [4.78, 5) is 30.9. The summed E-state index contributed by atoms with van der Waals surface area (Å²) in [5, 5.41) is 16.2. The van der Waals surface area contributed by atoms with Gasteiger partial charge in [-0.15, -0.1) is 0 Å². The lowest BCUT2D eigenvalue weighted by atomic mass is 10.0. The molecule has 2 aromatic heterocycles. The van der Waals surface area contributed by atoms with Crippen molar-refractivity contribution >= 4 is 34.9 Å². The van der Waals surface area contributed by atoms with Crippen LogP contribution >= 0.6 is 12.2 Å². The Balaban J connectivity index is 1.44. The van der Waals surface area contributed by atoms with Crippen LogP contribution < -0.4 is 15.4 Å². The zero-order valence-electron chi connectivity index (χ0n) is 21.2. The number of carboxylic acids is 1. The molecule has 9 nitrogen and oxygen atoms in total. The number of pyridine rings is 1.